The van der Waals surface area contributed by atoms with Crippen molar-refractivity contribution in [3.05, 3.63) is 35.1 Å². The normalized spacial score (nSPS) is 10.4. The van der Waals surface area contributed by atoms with Gasteiger partial charge in [-0.1, -0.05) is 6.07 Å². The predicted molar refractivity (Wildman–Crippen MR) is 66.0 cm³/mol. The van der Waals surface area contributed by atoms with Crippen molar-refractivity contribution in [2.24, 2.45) is 0 Å². The summed E-state index contributed by atoms with van der Waals surface area (Å²) in [6.07, 6.45) is 0. The lowest BCUT2D eigenvalue weighted by Crippen LogP contribution is -2.36. The van der Waals surface area contributed by atoms with Crippen LogP contribution in [0, 0.1) is 12.7 Å². The van der Waals surface area contributed by atoms with Crippen molar-refractivity contribution in [2.45, 2.75) is 6.92 Å². The summed E-state index contributed by atoms with van der Waals surface area (Å²) >= 11 is 0. The quantitative estimate of drug-likeness (QED) is 0.831. The van der Waals surface area contributed by atoms with Crippen LogP contribution in [0.5, 0.6) is 0 Å². The molecule has 0 saturated heterocycles. The Hall–Kier alpha value is -1.46. The molecule has 0 saturated carbocycles. The van der Waals surface area contributed by atoms with Crippen LogP contribution < -0.4 is 0 Å². The van der Waals surface area contributed by atoms with Crippen LogP contribution in [-0.2, 0) is 4.74 Å². The van der Waals surface area contributed by atoms with Gasteiger partial charge >= 0.3 is 0 Å². The smallest absolute Gasteiger partial charge is 0.254 e. The summed E-state index contributed by atoms with van der Waals surface area (Å²) < 4.78 is 18.1. The van der Waals surface area contributed by atoms with Gasteiger partial charge in [0.25, 0.3) is 5.91 Å². The van der Waals surface area contributed by atoms with E-state index in [1.807, 2.05) is 0 Å². The average Bonchev–Trinajstić information content (AvgIpc) is 2.36. The van der Waals surface area contributed by atoms with Crippen LogP contribution >= 0.6 is 0 Å². The summed E-state index contributed by atoms with van der Waals surface area (Å²) in [7, 11) is 1.54. The third kappa shape index (κ3) is 3.78. The molecule has 18 heavy (non-hydrogen) atoms. The van der Waals surface area contributed by atoms with Crippen molar-refractivity contribution >= 4 is 5.91 Å². The summed E-state index contributed by atoms with van der Waals surface area (Å²) in [4.78, 5) is 13.7. The van der Waals surface area contributed by atoms with Gasteiger partial charge in [-0.15, -0.1) is 0 Å². The van der Waals surface area contributed by atoms with Crippen molar-refractivity contribution in [2.75, 3.05) is 33.4 Å². The maximum Gasteiger partial charge on any atom is 0.254 e. The van der Waals surface area contributed by atoms with E-state index in [9.17, 15) is 9.18 Å². The van der Waals surface area contributed by atoms with Crippen LogP contribution in [0.2, 0.25) is 0 Å². The number of amides is 1. The van der Waals surface area contributed by atoms with Gasteiger partial charge in [0.05, 0.1) is 13.2 Å². The van der Waals surface area contributed by atoms with Crippen molar-refractivity contribution < 1.29 is 19.0 Å². The van der Waals surface area contributed by atoms with E-state index in [0.29, 0.717) is 24.3 Å². The Labute approximate surface area is 106 Å². The number of nitrogens with zero attached hydrogens (tertiary/aromatic N) is 1. The minimum atomic E-state index is -0.445. The van der Waals surface area contributed by atoms with Crippen LogP contribution in [0.4, 0.5) is 4.39 Å². The standard InChI is InChI=1S/C13H18FNO3/c1-10-3-4-11(14)9-12(10)13(17)15(5-7-16)6-8-18-2/h3-4,9,16H,5-8H2,1-2H3. The number of benzene rings is 1. The molecule has 0 aliphatic rings. The monoisotopic (exact) mass is 255 g/mol. The van der Waals surface area contributed by atoms with Gasteiger partial charge in [-0.05, 0) is 24.6 Å². The van der Waals surface area contributed by atoms with E-state index in [4.69, 9.17) is 9.84 Å². The van der Waals surface area contributed by atoms with Crippen molar-refractivity contribution in [1.29, 1.82) is 0 Å². The topological polar surface area (TPSA) is 49.8 Å². The number of ether oxygens (including phenoxy) is 1. The number of hydrogen-bond acceptors (Lipinski definition) is 3. The number of aliphatic hydroxyl groups excluding tert-OH is 1. The molecule has 1 aromatic rings. The van der Waals surface area contributed by atoms with Gasteiger partial charge in [-0.3, -0.25) is 4.79 Å². The predicted octanol–water partition coefficient (Wildman–Crippen LogP) is 1.22. The largest absolute Gasteiger partial charge is 0.395 e. The first-order valence-electron chi connectivity index (χ1n) is 5.75. The highest BCUT2D eigenvalue weighted by Crippen LogP contribution is 2.13. The first-order valence-corrected chi connectivity index (χ1v) is 5.75. The summed E-state index contributed by atoms with van der Waals surface area (Å²) in [5, 5.41) is 8.95. The zero-order valence-corrected chi connectivity index (χ0v) is 10.6. The van der Waals surface area contributed by atoms with Gasteiger partial charge in [0.15, 0.2) is 0 Å². The highest BCUT2D eigenvalue weighted by Gasteiger charge is 2.17. The minimum absolute atomic E-state index is 0.135. The second kappa shape index (κ2) is 7.08. The van der Waals surface area contributed by atoms with E-state index in [1.54, 1.807) is 13.0 Å². The Morgan fingerprint density at radius 1 is 1.44 bits per heavy atom. The Balaban J connectivity index is 2.90. The molecule has 0 radical (unpaired) electrons. The SMILES string of the molecule is COCCN(CCO)C(=O)c1cc(F)ccc1C. The Kier molecular flexibility index (Phi) is 5.74. The van der Waals surface area contributed by atoms with E-state index in [1.165, 1.54) is 24.1 Å². The van der Waals surface area contributed by atoms with E-state index in [-0.39, 0.29) is 19.1 Å². The first-order chi connectivity index (χ1) is 8.60. The molecule has 100 valence electrons. The van der Waals surface area contributed by atoms with Gasteiger partial charge in [0.1, 0.15) is 5.82 Å². The van der Waals surface area contributed by atoms with E-state index in [2.05, 4.69) is 0 Å². The van der Waals surface area contributed by atoms with Crippen molar-refractivity contribution in [3.8, 4) is 0 Å². The molecule has 0 spiro atoms. The second-order valence-corrected chi connectivity index (χ2v) is 3.97. The average molecular weight is 255 g/mol. The molecule has 0 aromatic heterocycles. The first kappa shape index (κ1) is 14.6. The summed E-state index contributed by atoms with van der Waals surface area (Å²) in [5.41, 5.74) is 1.03. The third-order valence-electron chi connectivity index (χ3n) is 2.65. The second-order valence-electron chi connectivity index (χ2n) is 3.97. The lowest BCUT2D eigenvalue weighted by molar-refractivity contribution is 0.0655. The molecule has 0 heterocycles. The number of halogens is 1. The van der Waals surface area contributed by atoms with Crippen LogP contribution in [0.3, 0.4) is 0 Å². The number of carbonyl (C=O) groups is 1. The van der Waals surface area contributed by atoms with Gasteiger partial charge in [-0.2, -0.15) is 0 Å². The maximum atomic E-state index is 13.2. The van der Waals surface area contributed by atoms with Crippen molar-refractivity contribution in [1.82, 2.24) is 4.90 Å². The van der Waals surface area contributed by atoms with Gasteiger partial charge < -0.3 is 14.7 Å². The maximum absolute atomic E-state index is 13.2. The van der Waals surface area contributed by atoms with E-state index in [0.717, 1.165) is 0 Å². The molecule has 0 fully saturated rings. The van der Waals surface area contributed by atoms with Gasteiger partial charge in [0, 0.05) is 25.8 Å². The Bertz CT molecular complexity index is 409. The number of rotatable bonds is 6. The summed E-state index contributed by atoms with van der Waals surface area (Å²) in [5.74, 6) is -0.738. The number of hydrogen-bond donors (Lipinski definition) is 1. The van der Waals surface area contributed by atoms with Gasteiger partial charge in [-0.25, -0.2) is 4.39 Å². The van der Waals surface area contributed by atoms with Crippen molar-refractivity contribution in [3.63, 3.8) is 0 Å². The zero-order valence-electron chi connectivity index (χ0n) is 10.6. The molecule has 0 aliphatic carbocycles. The molecule has 1 rings (SSSR count). The fourth-order valence-electron chi connectivity index (χ4n) is 1.63. The Morgan fingerprint density at radius 2 is 2.17 bits per heavy atom. The lowest BCUT2D eigenvalue weighted by atomic mass is 10.1. The van der Waals surface area contributed by atoms with Crippen LogP contribution in [0.25, 0.3) is 0 Å². The molecule has 0 atom stereocenters. The van der Waals surface area contributed by atoms with E-state index < -0.39 is 5.82 Å². The highest BCUT2D eigenvalue weighted by atomic mass is 19.1. The molecule has 0 unspecified atom stereocenters. The number of aryl methyl sites for hydroxylation is 1. The molecule has 0 aliphatic heterocycles. The van der Waals surface area contributed by atoms with Crippen LogP contribution in [-0.4, -0.2) is 49.3 Å². The number of carbonyl (C=O) groups excluding carboxylic acids is 1. The molecule has 1 amide bonds. The number of aliphatic hydroxyl groups is 1. The fraction of sp³-hybridized carbons (Fsp3) is 0.462. The van der Waals surface area contributed by atoms with Crippen LogP contribution in [0.15, 0.2) is 18.2 Å². The molecule has 1 aromatic carbocycles. The molecule has 1 N–H and O–H groups in total. The molecule has 5 heteroatoms. The summed E-state index contributed by atoms with van der Waals surface area (Å²) in [6, 6.07) is 4.10. The van der Waals surface area contributed by atoms with E-state index >= 15 is 0 Å². The molecule has 0 bridgehead atoms. The third-order valence-corrected chi connectivity index (χ3v) is 2.65. The fourth-order valence-corrected chi connectivity index (χ4v) is 1.63. The van der Waals surface area contributed by atoms with Gasteiger partial charge in [0.2, 0.25) is 0 Å². The minimum Gasteiger partial charge on any atom is -0.395 e. The van der Waals surface area contributed by atoms with Crippen LogP contribution in [0.1, 0.15) is 15.9 Å². The highest BCUT2D eigenvalue weighted by molar-refractivity contribution is 5.95. The summed E-state index contributed by atoms with van der Waals surface area (Å²) in [6.45, 7) is 2.56. The molecule has 4 nitrogen and oxygen atoms in total. The Morgan fingerprint density at radius 3 is 2.78 bits per heavy atom. The molecular weight excluding hydrogens is 237 g/mol. The zero-order chi connectivity index (χ0) is 13.5. The molecular formula is C13H18FNO3. The number of methoxy groups -OCH3 is 1. The lowest BCUT2D eigenvalue weighted by Gasteiger charge is -2.22.